The first-order chi connectivity index (χ1) is 12.5. The molecule has 0 radical (unpaired) electrons. The van der Waals surface area contributed by atoms with Gasteiger partial charge >= 0.3 is 7.60 Å². The molecule has 1 unspecified atom stereocenters. The van der Waals surface area contributed by atoms with Crippen LogP contribution in [-0.2, 0) is 13.6 Å². The highest BCUT2D eigenvalue weighted by Gasteiger charge is 2.38. The standard InChI is InChI=1S/C20H22NO4P/c1-3-24-26(23,25-4-2)20(18-12-10-16(15-21)11-13-18)14-19(22)17-8-6-5-7-9-17/h5-13,20H,3-4,14H2,1-2H3. The Bertz CT molecular complexity index is 802. The molecule has 0 N–H and O–H groups in total. The minimum atomic E-state index is -3.55. The van der Waals surface area contributed by atoms with E-state index in [0.717, 1.165) is 0 Å². The van der Waals surface area contributed by atoms with Crippen molar-refractivity contribution in [2.24, 2.45) is 0 Å². The largest absolute Gasteiger partial charge is 0.338 e. The Balaban J connectivity index is 2.41. The molecular formula is C20H22NO4P. The second kappa shape index (κ2) is 9.45. The van der Waals surface area contributed by atoms with Crippen LogP contribution >= 0.6 is 7.60 Å². The van der Waals surface area contributed by atoms with E-state index < -0.39 is 13.3 Å². The van der Waals surface area contributed by atoms with Gasteiger partial charge in [0, 0.05) is 12.0 Å². The Morgan fingerprint density at radius 1 is 1.04 bits per heavy atom. The van der Waals surface area contributed by atoms with Gasteiger partial charge in [0.2, 0.25) is 0 Å². The van der Waals surface area contributed by atoms with Gasteiger partial charge in [-0.2, -0.15) is 5.26 Å². The van der Waals surface area contributed by atoms with Crippen molar-refractivity contribution in [3.8, 4) is 6.07 Å². The van der Waals surface area contributed by atoms with Crippen LogP contribution in [0.2, 0.25) is 0 Å². The van der Waals surface area contributed by atoms with E-state index in [2.05, 4.69) is 6.07 Å². The first-order valence-corrected chi connectivity index (χ1v) is 10.1. The summed E-state index contributed by atoms with van der Waals surface area (Å²) in [6.07, 6.45) is -0.00675. The lowest BCUT2D eigenvalue weighted by atomic mass is 10.0. The Morgan fingerprint density at radius 2 is 1.62 bits per heavy atom. The van der Waals surface area contributed by atoms with Crippen molar-refractivity contribution < 1.29 is 18.4 Å². The summed E-state index contributed by atoms with van der Waals surface area (Å²) in [5.74, 6) is -0.139. The summed E-state index contributed by atoms with van der Waals surface area (Å²) < 4.78 is 24.4. The summed E-state index contributed by atoms with van der Waals surface area (Å²) in [4.78, 5) is 12.7. The van der Waals surface area contributed by atoms with Crippen LogP contribution in [0.5, 0.6) is 0 Å². The van der Waals surface area contributed by atoms with Crippen LogP contribution < -0.4 is 0 Å². The Kier molecular flexibility index (Phi) is 7.29. The molecule has 5 nitrogen and oxygen atoms in total. The van der Waals surface area contributed by atoms with Crippen LogP contribution in [0.15, 0.2) is 54.6 Å². The number of Topliss-reactive ketones (excluding diaryl/α,β-unsaturated/α-hetero) is 1. The number of nitrogens with zero attached hydrogens (tertiary/aromatic N) is 1. The number of benzene rings is 2. The highest BCUT2D eigenvalue weighted by atomic mass is 31.2. The lowest BCUT2D eigenvalue weighted by Gasteiger charge is -2.26. The van der Waals surface area contributed by atoms with E-state index in [0.29, 0.717) is 16.7 Å². The van der Waals surface area contributed by atoms with Gasteiger partial charge in [-0.1, -0.05) is 42.5 Å². The van der Waals surface area contributed by atoms with Crippen molar-refractivity contribution in [3.63, 3.8) is 0 Å². The van der Waals surface area contributed by atoms with Gasteiger partial charge in [0.05, 0.1) is 30.5 Å². The summed E-state index contributed by atoms with van der Waals surface area (Å²) in [5.41, 5.74) is 0.955. The van der Waals surface area contributed by atoms with Crippen LogP contribution in [-0.4, -0.2) is 19.0 Å². The Hall–Kier alpha value is -2.25. The maximum absolute atomic E-state index is 13.4. The molecule has 0 heterocycles. The van der Waals surface area contributed by atoms with Gasteiger partial charge < -0.3 is 9.05 Å². The number of hydrogen-bond acceptors (Lipinski definition) is 5. The van der Waals surface area contributed by atoms with Crippen LogP contribution in [0.4, 0.5) is 0 Å². The highest BCUT2D eigenvalue weighted by Crippen LogP contribution is 2.62. The molecule has 0 fully saturated rings. The van der Waals surface area contributed by atoms with Crippen molar-refractivity contribution in [1.82, 2.24) is 0 Å². The minimum Gasteiger partial charge on any atom is -0.308 e. The van der Waals surface area contributed by atoms with Crippen LogP contribution in [0.3, 0.4) is 0 Å². The first kappa shape index (κ1) is 20.1. The summed E-state index contributed by atoms with van der Waals surface area (Å²) in [7, 11) is -3.55. The molecule has 6 heteroatoms. The summed E-state index contributed by atoms with van der Waals surface area (Å²) in [5, 5.41) is 8.98. The molecule has 0 aromatic heterocycles. The lowest BCUT2D eigenvalue weighted by molar-refractivity contribution is 0.0973. The summed E-state index contributed by atoms with van der Waals surface area (Å²) >= 11 is 0. The molecule has 0 spiro atoms. The number of hydrogen-bond donors (Lipinski definition) is 0. The van der Waals surface area contributed by atoms with Gasteiger partial charge in [0.1, 0.15) is 0 Å². The molecule has 0 aliphatic rings. The molecule has 0 aliphatic heterocycles. The van der Waals surface area contributed by atoms with E-state index in [1.807, 2.05) is 6.07 Å². The number of carbonyl (C=O) groups excluding carboxylic acids is 1. The van der Waals surface area contributed by atoms with E-state index in [4.69, 9.17) is 14.3 Å². The van der Waals surface area contributed by atoms with Crippen LogP contribution in [0.1, 0.15) is 47.4 Å². The summed E-state index contributed by atoms with van der Waals surface area (Å²) in [6, 6.07) is 17.6. The number of ketones is 1. The third kappa shape index (κ3) is 4.89. The molecule has 2 aromatic rings. The molecule has 0 amide bonds. The third-order valence-corrected chi connectivity index (χ3v) is 6.38. The van der Waals surface area contributed by atoms with Crippen molar-refractivity contribution in [2.45, 2.75) is 25.9 Å². The topological polar surface area (TPSA) is 76.4 Å². The number of carbonyl (C=O) groups is 1. The molecule has 0 saturated heterocycles. The fourth-order valence-corrected chi connectivity index (χ4v) is 4.77. The molecule has 1 atom stereocenters. The zero-order chi connectivity index (χ0) is 19.0. The van der Waals surface area contributed by atoms with Crippen molar-refractivity contribution in [3.05, 3.63) is 71.3 Å². The SMILES string of the molecule is CCOP(=O)(OCC)C(CC(=O)c1ccccc1)c1ccc(C#N)cc1. The predicted molar refractivity (Wildman–Crippen MR) is 100 cm³/mol. The van der Waals surface area contributed by atoms with E-state index in [9.17, 15) is 9.36 Å². The third-order valence-electron chi connectivity index (χ3n) is 3.90. The molecule has 0 saturated carbocycles. The fourth-order valence-electron chi connectivity index (χ4n) is 2.69. The zero-order valence-electron chi connectivity index (χ0n) is 14.9. The van der Waals surface area contributed by atoms with Crippen molar-refractivity contribution >= 4 is 13.4 Å². The van der Waals surface area contributed by atoms with E-state index in [1.165, 1.54) is 0 Å². The van der Waals surface area contributed by atoms with E-state index >= 15 is 0 Å². The molecule has 136 valence electrons. The molecule has 2 aromatic carbocycles. The molecular weight excluding hydrogens is 349 g/mol. The van der Waals surface area contributed by atoms with Gasteiger partial charge in [-0.15, -0.1) is 0 Å². The maximum atomic E-state index is 13.4. The van der Waals surface area contributed by atoms with Gasteiger partial charge in [-0.3, -0.25) is 9.36 Å². The molecule has 0 aliphatic carbocycles. The monoisotopic (exact) mass is 371 g/mol. The average molecular weight is 371 g/mol. The van der Waals surface area contributed by atoms with Gasteiger partial charge in [0.15, 0.2) is 5.78 Å². The quantitative estimate of drug-likeness (QED) is 0.451. The predicted octanol–water partition coefficient (Wildman–Crippen LogP) is 5.14. The maximum Gasteiger partial charge on any atom is 0.338 e. The lowest BCUT2D eigenvalue weighted by Crippen LogP contribution is -2.12. The number of nitriles is 1. The Labute approximate surface area is 154 Å². The molecule has 26 heavy (non-hydrogen) atoms. The van der Waals surface area contributed by atoms with Crippen LogP contribution in [0, 0.1) is 11.3 Å². The zero-order valence-corrected chi connectivity index (χ0v) is 15.8. The average Bonchev–Trinajstić information content (AvgIpc) is 2.67. The van der Waals surface area contributed by atoms with Crippen molar-refractivity contribution in [1.29, 1.82) is 5.26 Å². The molecule has 2 rings (SSSR count). The first-order valence-electron chi connectivity index (χ1n) is 8.51. The van der Waals surface area contributed by atoms with Crippen LogP contribution in [0.25, 0.3) is 0 Å². The minimum absolute atomic E-state index is 0.00675. The smallest absolute Gasteiger partial charge is 0.308 e. The van der Waals surface area contributed by atoms with E-state index in [-0.39, 0.29) is 25.4 Å². The van der Waals surface area contributed by atoms with E-state index in [1.54, 1.807) is 62.4 Å². The Morgan fingerprint density at radius 3 is 2.12 bits per heavy atom. The van der Waals surface area contributed by atoms with Gasteiger partial charge in [0.25, 0.3) is 0 Å². The number of rotatable bonds is 9. The fraction of sp³-hybridized carbons (Fsp3) is 0.300. The van der Waals surface area contributed by atoms with Gasteiger partial charge in [-0.25, -0.2) is 0 Å². The normalized spacial score (nSPS) is 12.3. The second-order valence-electron chi connectivity index (χ2n) is 5.62. The highest BCUT2D eigenvalue weighted by molar-refractivity contribution is 7.54. The van der Waals surface area contributed by atoms with Gasteiger partial charge in [-0.05, 0) is 31.5 Å². The summed E-state index contributed by atoms with van der Waals surface area (Å²) in [6.45, 7) is 3.90. The van der Waals surface area contributed by atoms with Crippen molar-refractivity contribution in [2.75, 3.05) is 13.2 Å². The second-order valence-corrected chi connectivity index (χ2v) is 7.84. The molecule has 0 bridgehead atoms.